The lowest BCUT2D eigenvalue weighted by Crippen LogP contribution is -2.32. The third-order valence-corrected chi connectivity index (χ3v) is 2.42. The molecule has 0 aliphatic carbocycles. The van der Waals surface area contributed by atoms with Gasteiger partial charge >= 0.3 is 0 Å². The molecule has 1 aromatic rings. The minimum Gasteiger partial charge on any atom is -0.383 e. The van der Waals surface area contributed by atoms with E-state index < -0.39 is 0 Å². The molecule has 94 valence electrons. The van der Waals surface area contributed by atoms with Gasteiger partial charge in [-0.25, -0.2) is 4.98 Å². The second-order valence-electron chi connectivity index (χ2n) is 3.26. The van der Waals surface area contributed by atoms with Crippen LogP contribution in [0.4, 0.5) is 5.82 Å². The number of rotatable bonds is 6. The summed E-state index contributed by atoms with van der Waals surface area (Å²) >= 11 is 11.7. The summed E-state index contributed by atoms with van der Waals surface area (Å²) in [4.78, 5) is 15.4. The minimum absolute atomic E-state index is 0.146. The first-order chi connectivity index (χ1) is 8.13. The van der Waals surface area contributed by atoms with Crippen molar-refractivity contribution in [3.63, 3.8) is 0 Å². The Balaban J connectivity index is 2.36. The van der Waals surface area contributed by atoms with E-state index >= 15 is 0 Å². The van der Waals surface area contributed by atoms with Gasteiger partial charge in [0.05, 0.1) is 17.0 Å². The zero-order valence-corrected chi connectivity index (χ0v) is 10.8. The monoisotopic (exact) mass is 277 g/mol. The van der Waals surface area contributed by atoms with Crippen LogP contribution in [-0.2, 0) is 9.53 Å². The van der Waals surface area contributed by atoms with Gasteiger partial charge in [0.25, 0.3) is 0 Å². The molecule has 1 aromatic heterocycles. The van der Waals surface area contributed by atoms with Crippen molar-refractivity contribution in [3.8, 4) is 0 Å². The van der Waals surface area contributed by atoms with Crippen LogP contribution in [-0.4, -0.2) is 30.0 Å². The van der Waals surface area contributed by atoms with Crippen molar-refractivity contribution >= 4 is 34.9 Å². The van der Waals surface area contributed by atoms with Crippen molar-refractivity contribution in [2.24, 2.45) is 0 Å². The summed E-state index contributed by atoms with van der Waals surface area (Å²) in [7, 11) is 1.53. The van der Waals surface area contributed by atoms with E-state index in [1.807, 2.05) is 0 Å². The highest BCUT2D eigenvalue weighted by molar-refractivity contribution is 6.32. The second-order valence-corrected chi connectivity index (χ2v) is 4.29. The quantitative estimate of drug-likeness (QED) is 0.615. The molecule has 1 unspecified atom stereocenters. The third-order valence-electron chi connectivity index (χ3n) is 1.83. The lowest BCUT2D eigenvalue weighted by molar-refractivity contribution is -0.120. The molecule has 7 heteroatoms. The molecule has 0 spiro atoms. The number of hydrogen-bond donors (Lipinski definition) is 2. The molecule has 0 fully saturated rings. The van der Waals surface area contributed by atoms with Gasteiger partial charge in [-0.1, -0.05) is 11.6 Å². The number of anilines is 1. The highest BCUT2D eigenvalue weighted by atomic mass is 35.5. The van der Waals surface area contributed by atoms with Crippen LogP contribution in [0.25, 0.3) is 0 Å². The number of carbonyl (C=O) groups is 1. The lowest BCUT2D eigenvalue weighted by Gasteiger charge is -2.10. The van der Waals surface area contributed by atoms with Gasteiger partial charge in [0, 0.05) is 19.7 Å². The maximum Gasteiger partial charge on any atom is 0.239 e. The first kappa shape index (κ1) is 14.0. The predicted molar refractivity (Wildman–Crippen MR) is 67.1 cm³/mol. The number of hydrogen-bond acceptors (Lipinski definition) is 4. The van der Waals surface area contributed by atoms with Gasteiger partial charge in [-0.2, -0.15) is 0 Å². The molecule has 17 heavy (non-hydrogen) atoms. The van der Waals surface area contributed by atoms with E-state index in [0.717, 1.165) is 0 Å². The third kappa shape index (κ3) is 5.21. The van der Waals surface area contributed by atoms with Crippen LogP contribution in [0.2, 0.25) is 5.02 Å². The van der Waals surface area contributed by atoms with E-state index in [2.05, 4.69) is 15.8 Å². The first-order valence-electron chi connectivity index (χ1n) is 4.92. The maximum absolute atomic E-state index is 11.4. The number of aromatic nitrogens is 1. The minimum atomic E-state index is -0.360. The average molecular weight is 278 g/mol. The van der Waals surface area contributed by atoms with E-state index in [4.69, 9.17) is 27.9 Å². The van der Waals surface area contributed by atoms with E-state index in [1.165, 1.54) is 7.11 Å². The molecule has 0 saturated carbocycles. The molecule has 0 radical (unpaired) electrons. The van der Waals surface area contributed by atoms with E-state index in [-0.39, 0.29) is 17.7 Å². The molecule has 0 aliphatic heterocycles. The molecule has 1 atom stereocenters. The van der Waals surface area contributed by atoms with Crippen LogP contribution in [0.15, 0.2) is 18.3 Å². The summed E-state index contributed by atoms with van der Waals surface area (Å²) < 4.78 is 4.82. The molecule has 2 N–H and O–H groups in total. The number of pyridine rings is 1. The summed E-state index contributed by atoms with van der Waals surface area (Å²) in [5.41, 5.74) is 5.07. The van der Waals surface area contributed by atoms with Gasteiger partial charge in [0.2, 0.25) is 5.91 Å². The van der Waals surface area contributed by atoms with Crippen molar-refractivity contribution in [3.05, 3.63) is 23.4 Å². The second kappa shape index (κ2) is 7.32. The number of alkyl halides is 1. The number of halogens is 2. The van der Waals surface area contributed by atoms with Crippen LogP contribution in [0.3, 0.4) is 0 Å². The molecule has 0 aromatic carbocycles. The molecule has 1 amide bonds. The van der Waals surface area contributed by atoms with Crippen molar-refractivity contribution < 1.29 is 9.53 Å². The number of amides is 1. The predicted octanol–water partition coefficient (Wildman–Crippen LogP) is 1.82. The van der Waals surface area contributed by atoms with Crippen LogP contribution >= 0.6 is 23.2 Å². The van der Waals surface area contributed by atoms with Gasteiger partial charge in [-0.15, -0.1) is 11.6 Å². The van der Waals surface area contributed by atoms with Crippen molar-refractivity contribution in [2.75, 3.05) is 19.1 Å². The Labute approximate surface area is 109 Å². The number of carbonyl (C=O) groups excluding carboxylic acids is 1. The van der Waals surface area contributed by atoms with Crippen LogP contribution < -0.4 is 10.9 Å². The molecule has 1 rings (SSSR count). The van der Waals surface area contributed by atoms with Crippen molar-refractivity contribution in [1.82, 2.24) is 10.4 Å². The van der Waals surface area contributed by atoms with E-state index in [1.54, 1.807) is 18.3 Å². The smallest absolute Gasteiger partial charge is 0.239 e. The number of methoxy groups -OCH3 is 1. The maximum atomic E-state index is 11.4. The molecular weight excluding hydrogens is 265 g/mol. The van der Waals surface area contributed by atoms with Gasteiger partial charge in [-0.3, -0.25) is 15.6 Å². The van der Waals surface area contributed by atoms with Crippen LogP contribution in [0, 0.1) is 0 Å². The number of hydrazine groups is 1. The standard InChI is InChI=1S/C10H13Cl2N3O2/c1-17-6-7(11)5-9(16)14-15-10-8(12)3-2-4-13-10/h2-4,7H,5-6H2,1H3,(H,13,15)(H,14,16). The van der Waals surface area contributed by atoms with Crippen LogP contribution in [0.1, 0.15) is 6.42 Å². The molecule has 0 aliphatic rings. The Morgan fingerprint density at radius 1 is 1.65 bits per heavy atom. The molecule has 1 heterocycles. The highest BCUT2D eigenvalue weighted by Crippen LogP contribution is 2.16. The molecular formula is C10H13Cl2N3O2. The van der Waals surface area contributed by atoms with Gasteiger partial charge in [-0.05, 0) is 12.1 Å². The Kier molecular flexibility index (Phi) is 6.04. The summed E-state index contributed by atoms with van der Waals surface area (Å²) in [6.45, 7) is 0.319. The van der Waals surface area contributed by atoms with Crippen molar-refractivity contribution in [2.45, 2.75) is 11.8 Å². The molecule has 0 bridgehead atoms. The van der Waals surface area contributed by atoms with E-state index in [0.29, 0.717) is 17.4 Å². The van der Waals surface area contributed by atoms with Crippen LogP contribution in [0.5, 0.6) is 0 Å². The fourth-order valence-corrected chi connectivity index (χ4v) is 1.53. The largest absolute Gasteiger partial charge is 0.383 e. The summed E-state index contributed by atoms with van der Waals surface area (Å²) in [6, 6.07) is 3.36. The zero-order chi connectivity index (χ0) is 12.7. The fourth-order valence-electron chi connectivity index (χ4n) is 1.10. The summed E-state index contributed by atoms with van der Waals surface area (Å²) in [5, 5.41) is 0.0631. The topological polar surface area (TPSA) is 63.2 Å². The lowest BCUT2D eigenvalue weighted by atomic mass is 10.3. The Morgan fingerprint density at radius 3 is 3.06 bits per heavy atom. The van der Waals surface area contributed by atoms with Gasteiger partial charge in [0.1, 0.15) is 0 Å². The molecule has 5 nitrogen and oxygen atoms in total. The van der Waals surface area contributed by atoms with Crippen molar-refractivity contribution in [1.29, 1.82) is 0 Å². The first-order valence-corrected chi connectivity index (χ1v) is 5.73. The summed E-state index contributed by atoms with van der Waals surface area (Å²) in [6.07, 6.45) is 1.71. The normalized spacial score (nSPS) is 11.9. The zero-order valence-electron chi connectivity index (χ0n) is 9.24. The highest BCUT2D eigenvalue weighted by Gasteiger charge is 2.10. The number of ether oxygens (including phenoxy) is 1. The number of nitrogens with zero attached hydrogens (tertiary/aromatic N) is 1. The average Bonchev–Trinajstić information content (AvgIpc) is 2.28. The Hall–Kier alpha value is -1.04. The van der Waals surface area contributed by atoms with Gasteiger partial charge in [0.15, 0.2) is 5.82 Å². The Bertz CT molecular complexity index is 376. The van der Waals surface area contributed by atoms with Gasteiger partial charge < -0.3 is 4.74 Å². The summed E-state index contributed by atoms with van der Waals surface area (Å²) in [5.74, 6) is 0.129. The number of nitrogens with one attached hydrogen (secondary N) is 2. The molecule has 0 saturated heterocycles. The van der Waals surface area contributed by atoms with E-state index in [9.17, 15) is 4.79 Å². The fraction of sp³-hybridized carbons (Fsp3) is 0.400. The Morgan fingerprint density at radius 2 is 2.41 bits per heavy atom. The SMILES string of the molecule is COCC(Cl)CC(=O)NNc1ncccc1Cl.